The van der Waals surface area contributed by atoms with E-state index < -0.39 is 76.1 Å². The van der Waals surface area contributed by atoms with Crippen molar-refractivity contribution in [3.05, 3.63) is 51.6 Å². The number of aromatic hydroxyl groups is 2. The zero-order chi connectivity index (χ0) is 63.5. The van der Waals surface area contributed by atoms with Gasteiger partial charge in [-0.05, 0) is 277 Å². The van der Waals surface area contributed by atoms with Crippen molar-refractivity contribution in [1.29, 1.82) is 0 Å². The Morgan fingerprint density at radius 2 is 1.56 bits per heavy atom. The summed E-state index contributed by atoms with van der Waals surface area (Å²) in [5.74, 6) is 5.83. The Bertz CT molecular complexity index is 3730. The largest absolute Gasteiger partial charge is 0.507 e. The van der Waals surface area contributed by atoms with Crippen LogP contribution in [0.2, 0.25) is 0 Å². The molecule has 19 rings (SSSR count). The van der Waals surface area contributed by atoms with Crippen LogP contribution in [0.3, 0.4) is 0 Å². The van der Waals surface area contributed by atoms with Crippen LogP contribution in [0, 0.1) is 97.6 Å². The van der Waals surface area contributed by atoms with Gasteiger partial charge in [0.15, 0.2) is 11.4 Å². The second-order valence-electron chi connectivity index (χ2n) is 35.8. The number of nitrogens with one attached hydrogen (secondary N) is 2. The summed E-state index contributed by atoms with van der Waals surface area (Å²) in [7, 11) is 0. The standard InChI is InChI=1S/C78H100N2O13/c1-44-57(45(2)83)61(85)58-50(60(44)84)30-46(65(88)89)31-54(58)91-66-62(86)64(87)78-33-53-59-51(15-16-52(59)75(93-78)22-9-17-67(37-75)24-25-68(36-67)20-6-12-49(68)13-8-23-76(78,42-82)92-66)73(28-29-81)43-90-35-47-32-71-39-72(34-56(71)79-80-77(53,41-71)63(47)73)38-70(18-3-4-19-70)55-14-5-10-48-11-7-21-69(48)26-27-74(55,72)40-69/h15,30-31,47-49,53,55-56,62-64,66,79-82,84-87H,3-7,9-14,16-22,24-29,32-43H2,1-2H3,(H,88,89). The number of phenols is 2. The molecule has 12 aliphatic carbocycles. The average molecular weight is 1270 g/mol. The smallest absolute Gasteiger partial charge is 0.335 e. The van der Waals surface area contributed by atoms with Gasteiger partial charge < -0.3 is 54.7 Å². The number of aromatic carboxylic acids is 1. The molecule has 3 saturated heterocycles. The first-order valence-corrected chi connectivity index (χ1v) is 37.2. The summed E-state index contributed by atoms with van der Waals surface area (Å²) in [6.07, 6.45) is 32.4. The molecular weight excluding hydrogens is 1170 g/mol. The number of carboxylic acids is 1. The highest BCUT2D eigenvalue weighted by molar-refractivity contribution is 6.11. The van der Waals surface area contributed by atoms with Crippen LogP contribution >= 0.6 is 0 Å². The van der Waals surface area contributed by atoms with Gasteiger partial charge in [-0.3, -0.25) is 15.6 Å². The van der Waals surface area contributed by atoms with Crippen LogP contribution in [0.1, 0.15) is 239 Å². The lowest BCUT2D eigenvalue weighted by Gasteiger charge is -2.72. The second-order valence-corrected chi connectivity index (χ2v) is 35.8. The molecule has 0 aromatic heterocycles. The molecule has 9 N–H and O–H groups in total. The van der Waals surface area contributed by atoms with Crippen molar-refractivity contribution in [2.24, 2.45) is 78.8 Å². The van der Waals surface area contributed by atoms with Gasteiger partial charge in [-0.2, -0.15) is 0 Å². The molecule has 21 unspecified atom stereocenters. The van der Waals surface area contributed by atoms with E-state index in [0.717, 1.165) is 76.0 Å². The summed E-state index contributed by atoms with van der Waals surface area (Å²) in [6, 6.07) is 2.61. The minimum Gasteiger partial charge on any atom is -0.507 e. The van der Waals surface area contributed by atoms with Crippen molar-refractivity contribution in [3.8, 4) is 29.1 Å². The van der Waals surface area contributed by atoms with Crippen LogP contribution in [0.15, 0.2) is 34.9 Å². The Labute approximate surface area is 547 Å². The van der Waals surface area contributed by atoms with E-state index in [-0.39, 0.29) is 91.7 Å². The number of aliphatic hydroxyl groups is 4. The van der Waals surface area contributed by atoms with Crippen LogP contribution in [-0.2, 0) is 14.2 Å². The molecule has 8 bridgehead atoms. The predicted molar refractivity (Wildman–Crippen MR) is 345 cm³/mol. The number of carbonyl (C=O) groups excluding carboxylic acids is 1. The Balaban J connectivity index is 0.807. The van der Waals surface area contributed by atoms with E-state index in [1.54, 1.807) is 0 Å². The number of allylic oxidation sites excluding steroid dienone is 1. The molecular formula is C78H100N2O13. The highest BCUT2D eigenvalue weighted by atomic mass is 16.7. The van der Waals surface area contributed by atoms with E-state index in [1.807, 2.05) is 0 Å². The Morgan fingerprint density at radius 3 is 2.35 bits per heavy atom. The maximum absolute atomic E-state index is 14.3. The fourth-order valence-corrected chi connectivity index (χ4v) is 30.1. The van der Waals surface area contributed by atoms with E-state index in [1.165, 1.54) is 145 Å². The van der Waals surface area contributed by atoms with Crippen molar-refractivity contribution in [2.75, 3.05) is 26.4 Å². The Hall–Kier alpha value is -4.08. The van der Waals surface area contributed by atoms with Crippen molar-refractivity contribution in [3.63, 3.8) is 0 Å². The Kier molecular flexibility index (Phi) is 12.7. The summed E-state index contributed by atoms with van der Waals surface area (Å²) in [5.41, 5.74) is 7.16. The number of phenolic OH excluding ortho intramolecular Hbond substituents is 2. The molecule has 17 aliphatic rings. The maximum Gasteiger partial charge on any atom is 0.335 e. The normalized spacial score (nSPS) is 49.5. The van der Waals surface area contributed by atoms with Gasteiger partial charge in [-0.25, -0.2) is 4.79 Å². The summed E-state index contributed by atoms with van der Waals surface area (Å²) in [5, 5.41) is 86.7. The quantitative estimate of drug-likeness (QED) is 0.0712. The van der Waals surface area contributed by atoms with Gasteiger partial charge in [0.25, 0.3) is 0 Å². The highest BCUT2D eigenvalue weighted by Gasteiger charge is 2.82. The number of Topliss-reactive ketones (excluding diaryl/α,β-unsaturated/α-hetero) is 1. The lowest BCUT2D eigenvalue weighted by atomic mass is 9.38. The molecule has 2 aromatic carbocycles. The van der Waals surface area contributed by atoms with E-state index in [9.17, 15) is 45.3 Å². The highest BCUT2D eigenvalue weighted by Crippen LogP contribution is 2.86. The topological polar surface area (TPSA) is 237 Å². The van der Waals surface area contributed by atoms with E-state index in [0.29, 0.717) is 67.5 Å². The molecule has 15 heteroatoms. The summed E-state index contributed by atoms with van der Waals surface area (Å²) < 4.78 is 30.0. The van der Waals surface area contributed by atoms with E-state index in [2.05, 4.69) is 28.8 Å². The van der Waals surface area contributed by atoms with Gasteiger partial charge >= 0.3 is 5.97 Å². The first kappa shape index (κ1) is 60.1. The SMILES string of the molecule is CC(=O)c1c(C)c(O)c2cc(C(=O)O)cc(OC3OC4(CO)C#CCC5CCCC56CCC5(CCCC7(C5)OC4(CC4C5=C7CC=C5C5(CCO)COCC7CC89CC4(NNC8CC4(C9)CC8(CCCC8)C8CCCC9CCCC9%10CCC84C%10)C75)C(O)C3O)C6)c2c1O. The molecule has 14 fully saturated rings. The third kappa shape index (κ3) is 7.36. The number of fused-ring (bicyclic) bond motifs is 3. The van der Waals surface area contributed by atoms with Gasteiger partial charge in [-0.15, -0.1) is 0 Å². The first-order chi connectivity index (χ1) is 44.7. The van der Waals surface area contributed by atoms with Crippen molar-refractivity contribution >= 4 is 22.5 Å². The molecule has 10 spiro atoms. The Morgan fingerprint density at radius 1 is 0.785 bits per heavy atom. The minimum atomic E-state index is -2.09. The molecule has 93 heavy (non-hydrogen) atoms. The number of hydrogen-bond acceptors (Lipinski definition) is 14. The fraction of sp³-hybridized carbons (Fsp3) is 0.769. The van der Waals surface area contributed by atoms with Gasteiger partial charge in [0.2, 0.25) is 6.29 Å². The summed E-state index contributed by atoms with van der Waals surface area (Å²) in [4.78, 5) is 26.3. The van der Waals surface area contributed by atoms with Crippen molar-refractivity contribution < 1.29 is 64.3 Å². The maximum atomic E-state index is 14.3. The number of carbonyl (C=O) groups is 2. The zero-order valence-corrected chi connectivity index (χ0v) is 55.0. The second kappa shape index (κ2) is 19.6. The molecule has 15 nitrogen and oxygen atoms in total. The van der Waals surface area contributed by atoms with Gasteiger partial charge in [0, 0.05) is 53.5 Å². The average Bonchev–Trinajstić information content (AvgIpc) is 1.54. The van der Waals surface area contributed by atoms with Crippen molar-refractivity contribution in [2.45, 2.75) is 266 Å². The molecule has 500 valence electrons. The first-order valence-electron chi connectivity index (χ1n) is 37.2. The van der Waals surface area contributed by atoms with Crippen molar-refractivity contribution in [1.82, 2.24) is 10.9 Å². The molecule has 0 amide bonds. The number of rotatable bonds is 7. The van der Waals surface area contributed by atoms with Gasteiger partial charge in [0.1, 0.15) is 35.1 Å². The van der Waals surface area contributed by atoms with E-state index >= 15 is 0 Å². The van der Waals surface area contributed by atoms with Gasteiger partial charge in [0.05, 0.1) is 35.3 Å². The fourth-order valence-electron chi connectivity index (χ4n) is 30.1. The predicted octanol–water partition coefficient (Wildman–Crippen LogP) is 11.9. The number of benzene rings is 2. The van der Waals surface area contributed by atoms with Crippen LogP contribution in [0.5, 0.6) is 17.2 Å². The third-order valence-corrected chi connectivity index (χ3v) is 32.7. The summed E-state index contributed by atoms with van der Waals surface area (Å²) in [6.45, 7) is 3.11. The molecule has 5 aliphatic heterocycles. The summed E-state index contributed by atoms with van der Waals surface area (Å²) >= 11 is 0. The number of hydrazine groups is 1. The number of ketones is 1. The van der Waals surface area contributed by atoms with Gasteiger partial charge in [-0.1, -0.05) is 50.0 Å². The van der Waals surface area contributed by atoms with Crippen LogP contribution < -0.4 is 15.6 Å². The van der Waals surface area contributed by atoms with Crippen LogP contribution in [0.4, 0.5) is 0 Å². The number of hydrogen-bond donors (Lipinski definition) is 9. The zero-order valence-electron chi connectivity index (χ0n) is 55.0. The molecule has 11 saturated carbocycles. The lowest BCUT2D eigenvalue weighted by Crippen LogP contribution is -2.82. The number of carboxylic acid groups (broad SMARTS) is 1. The molecule has 2 aromatic rings. The number of aliphatic hydroxyl groups excluding tert-OH is 4. The monoisotopic (exact) mass is 1270 g/mol. The van der Waals surface area contributed by atoms with Crippen LogP contribution in [0.25, 0.3) is 10.8 Å². The molecule has 0 radical (unpaired) electrons. The molecule has 5 heterocycles. The lowest BCUT2D eigenvalue weighted by molar-refractivity contribution is -0.370. The number of ether oxygens (including phenoxy) is 4. The minimum absolute atomic E-state index is 0.00529. The molecule has 21 atom stereocenters. The van der Waals surface area contributed by atoms with Crippen LogP contribution in [-0.4, -0.2) is 121 Å². The third-order valence-electron chi connectivity index (χ3n) is 32.7. The van der Waals surface area contributed by atoms with E-state index in [4.69, 9.17) is 18.9 Å².